The first-order valence-electron chi connectivity index (χ1n) is 19.8. The maximum atomic E-state index is 14.2. The second-order valence-corrected chi connectivity index (χ2v) is 16.2. The van der Waals surface area contributed by atoms with Crippen molar-refractivity contribution < 1.29 is 32.6 Å². The van der Waals surface area contributed by atoms with Crippen molar-refractivity contribution in [1.82, 2.24) is 19.6 Å². The zero-order valence-corrected chi connectivity index (χ0v) is 38.0. The van der Waals surface area contributed by atoms with Crippen LogP contribution in [0.25, 0.3) is 0 Å². The molecule has 0 radical (unpaired) electrons. The second kappa shape index (κ2) is 23.0. The third-order valence-electron chi connectivity index (χ3n) is 9.16. The molecule has 0 bridgehead atoms. The zero-order chi connectivity index (χ0) is 45.1. The molecular formula is C46H50Cl3F2N7O5. The van der Waals surface area contributed by atoms with Crippen molar-refractivity contribution in [3.05, 3.63) is 151 Å². The fourth-order valence-corrected chi connectivity index (χ4v) is 6.34. The van der Waals surface area contributed by atoms with E-state index in [0.717, 1.165) is 40.1 Å². The number of nitrogens with one attached hydrogen (secondary N) is 2. The highest BCUT2D eigenvalue weighted by atomic mass is 35.5. The quantitative estimate of drug-likeness (QED) is 0.0811. The molecule has 334 valence electrons. The Bertz CT molecular complexity index is 2540. The Morgan fingerprint density at radius 3 is 1.54 bits per heavy atom. The molecule has 0 aliphatic heterocycles. The lowest BCUT2D eigenvalue weighted by molar-refractivity contribution is 0.101. The van der Waals surface area contributed by atoms with Crippen molar-refractivity contribution in [3.63, 3.8) is 0 Å². The molecular weight excluding hydrogens is 875 g/mol. The Kier molecular flexibility index (Phi) is 18.2. The van der Waals surface area contributed by atoms with Gasteiger partial charge in [-0.3, -0.25) is 23.7 Å². The summed E-state index contributed by atoms with van der Waals surface area (Å²) in [6.45, 7) is 14.2. The first kappa shape index (κ1) is 49.9. The number of rotatable bonds is 16. The van der Waals surface area contributed by atoms with Crippen LogP contribution >= 0.6 is 35.6 Å². The van der Waals surface area contributed by atoms with Gasteiger partial charge in [0.1, 0.15) is 29.4 Å². The number of ether oxygens (including phenoxy) is 2. The van der Waals surface area contributed by atoms with E-state index in [9.17, 15) is 23.2 Å². The molecule has 0 aliphatic rings. The summed E-state index contributed by atoms with van der Waals surface area (Å²) in [5.74, 6) is 0.208. The van der Waals surface area contributed by atoms with Gasteiger partial charge in [0, 0.05) is 56.8 Å². The topological polar surface area (TPSA) is 155 Å². The number of aryl methyl sites for hydroxylation is 2. The predicted molar refractivity (Wildman–Crippen MR) is 245 cm³/mol. The van der Waals surface area contributed by atoms with Crippen LogP contribution in [0.1, 0.15) is 86.8 Å². The van der Waals surface area contributed by atoms with E-state index >= 15 is 0 Å². The second-order valence-electron chi connectivity index (χ2n) is 15.4. The average molecular weight is 925 g/mol. The van der Waals surface area contributed by atoms with Gasteiger partial charge in [0.25, 0.3) is 11.8 Å². The van der Waals surface area contributed by atoms with Gasteiger partial charge in [0.05, 0.1) is 37.4 Å². The van der Waals surface area contributed by atoms with E-state index < -0.39 is 23.4 Å². The highest BCUT2D eigenvalue weighted by Crippen LogP contribution is 2.27. The van der Waals surface area contributed by atoms with Crippen LogP contribution < -0.4 is 25.8 Å². The van der Waals surface area contributed by atoms with Gasteiger partial charge in [-0.1, -0.05) is 63.0 Å². The highest BCUT2D eigenvalue weighted by molar-refractivity contribution is 6.31. The lowest BCUT2D eigenvalue weighted by Gasteiger charge is -2.14. The van der Waals surface area contributed by atoms with Gasteiger partial charge in [-0.2, -0.15) is 10.2 Å². The molecule has 2 amide bonds. The SMILES string of the molecule is Cc1cc(NC(=O)c2ccc(C=O)cc2F)nn1Cc1cc(Cl)ccc1OCC(C)C.Cc1cc(NC(=O)c2ccc(CN)cc2F)nn1Cc1cc(Cl)ccc1OCC(C)C.Cl. The summed E-state index contributed by atoms with van der Waals surface area (Å²) in [7, 11) is 0. The summed E-state index contributed by atoms with van der Waals surface area (Å²) in [6.07, 6.45) is 0.519. The lowest BCUT2D eigenvalue weighted by Crippen LogP contribution is -2.15. The van der Waals surface area contributed by atoms with E-state index in [0.29, 0.717) is 65.9 Å². The number of hydrogen-bond donors (Lipinski definition) is 3. The van der Waals surface area contributed by atoms with Crippen LogP contribution in [-0.4, -0.2) is 50.9 Å². The number of nitrogens with two attached hydrogens (primary N) is 1. The number of carbonyl (C=O) groups is 3. The molecule has 12 nitrogen and oxygen atoms in total. The van der Waals surface area contributed by atoms with Gasteiger partial charge in [-0.25, -0.2) is 8.78 Å². The smallest absolute Gasteiger partial charge is 0.259 e. The average Bonchev–Trinajstić information content (AvgIpc) is 3.74. The normalized spacial score (nSPS) is 10.8. The molecule has 0 unspecified atom stereocenters. The van der Waals surface area contributed by atoms with Crippen molar-refractivity contribution in [3.8, 4) is 11.5 Å². The minimum absolute atomic E-state index is 0. The number of carbonyl (C=O) groups excluding carboxylic acids is 3. The van der Waals surface area contributed by atoms with Crippen LogP contribution in [0.2, 0.25) is 10.0 Å². The standard InChI is InChI=1S/C23H26ClFN4O2.C23H23ClFN3O3.ClH/c1-14(2)13-31-21-7-5-18(24)10-17(21)12-29-15(3)8-22(28-29)27-23(30)19-6-4-16(11-26)9-20(19)25;1-14(2)13-31-21-7-5-18(24)10-17(21)11-28-15(3)8-22(27-28)26-23(30)19-6-4-16(12-29)9-20(19)25;/h4-10,14H,11-13,26H2,1-3H3,(H,27,28,30);4-10,12,14H,11,13H2,1-3H3,(H,26,27,30);1H. The Balaban J connectivity index is 0.000000272. The monoisotopic (exact) mass is 923 g/mol. The van der Waals surface area contributed by atoms with E-state index in [2.05, 4.69) is 48.5 Å². The fraction of sp³-hybridized carbons (Fsp3) is 0.283. The van der Waals surface area contributed by atoms with Crippen LogP contribution in [-0.2, 0) is 19.6 Å². The number of hydrogen-bond acceptors (Lipinski definition) is 8. The molecule has 6 aromatic rings. The molecule has 0 spiro atoms. The Hall–Kier alpha value is -5.80. The number of amides is 2. The summed E-state index contributed by atoms with van der Waals surface area (Å²) in [5, 5.41) is 15.3. The first-order valence-corrected chi connectivity index (χ1v) is 20.6. The third-order valence-corrected chi connectivity index (χ3v) is 9.63. The van der Waals surface area contributed by atoms with E-state index in [1.165, 1.54) is 24.3 Å². The summed E-state index contributed by atoms with van der Waals surface area (Å²) >= 11 is 12.3. The van der Waals surface area contributed by atoms with E-state index in [4.69, 9.17) is 38.4 Å². The van der Waals surface area contributed by atoms with Gasteiger partial charge in [-0.15, -0.1) is 12.4 Å². The summed E-state index contributed by atoms with van der Waals surface area (Å²) in [5.41, 5.74) is 9.39. The largest absolute Gasteiger partial charge is 0.493 e. The first-order chi connectivity index (χ1) is 29.5. The summed E-state index contributed by atoms with van der Waals surface area (Å²) in [6, 6.07) is 22.3. The van der Waals surface area contributed by atoms with Crippen molar-refractivity contribution in [1.29, 1.82) is 0 Å². The summed E-state index contributed by atoms with van der Waals surface area (Å²) in [4.78, 5) is 35.7. The van der Waals surface area contributed by atoms with Crippen molar-refractivity contribution in [2.24, 2.45) is 17.6 Å². The van der Waals surface area contributed by atoms with Crippen molar-refractivity contribution >= 4 is 65.3 Å². The predicted octanol–water partition coefficient (Wildman–Crippen LogP) is 10.3. The number of benzene rings is 4. The zero-order valence-electron chi connectivity index (χ0n) is 35.7. The Labute approximate surface area is 381 Å². The number of nitrogens with zero attached hydrogens (tertiary/aromatic N) is 4. The Morgan fingerprint density at radius 2 is 1.14 bits per heavy atom. The molecule has 0 aliphatic carbocycles. The van der Waals surface area contributed by atoms with Gasteiger partial charge in [0.2, 0.25) is 0 Å². The highest BCUT2D eigenvalue weighted by Gasteiger charge is 2.18. The third kappa shape index (κ3) is 14.1. The number of anilines is 2. The lowest BCUT2D eigenvalue weighted by atomic mass is 10.1. The van der Waals surface area contributed by atoms with Gasteiger partial charge < -0.3 is 25.8 Å². The van der Waals surface area contributed by atoms with E-state index in [-0.39, 0.29) is 41.5 Å². The molecule has 2 heterocycles. The fourth-order valence-electron chi connectivity index (χ4n) is 5.95. The van der Waals surface area contributed by atoms with E-state index in [1.807, 2.05) is 38.1 Å². The molecule has 0 fully saturated rings. The van der Waals surface area contributed by atoms with Crippen LogP contribution in [0, 0.1) is 37.3 Å². The minimum Gasteiger partial charge on any atom is -0.493 e. The number of aromatic nitrogens is 4. The number of halogens is 5. The maximum Gasteiger partial charge on any atom is 0.259 e. The summed E-state index contributed by atoms with van der Waals surface area (Å²) < 4.78 is 43.5. The molecule has 63 heavy (non-hydrogen) atoms. The molecule has 2 aromatic heterocycles. The maximum absolute atomic E-state index is 14.2. The van der Waals surface area contributed by atoms with Gasteiger partial charge in [-0.05, 0) is 91.9 Å². The van der Waals surface area contributed by atoms with Crippen LogP contribution in [0.5, 0.6) is 11.5 Å². The molecule has 4 aromatic carbocycles. The molecule has 0 atom stereocenters. The van der Waals surface area contributed by atoms with Crippen molar-refractivity contribution in [2.75, 3.05) is 23.8 Å². The molecule has 6 rings (SSSR count). The van der Waals surface area contributed by atoms with Crippen molar-refractivity contribution in [2.45, 2.75) is 61.2 Å². The molecule has 4 N–H and O–H groups in total. The minimum atomic E-state index is -0.774. The number of aldehydes is 1. The van der Waals surface area contributed by atoms with Crippen LogP contribution in [0.15, 0.2) is 84.9 Å². The van der Waals surface area contributed by atoms with Gasteiger partial charge >= 0.3 is 0 Å². The molecule has 17 heteroatoms. The van der Waals surface area contributed by atoms with Gasteiger partial charge in [0.15, 0.2) is 11.6 Å². The van der Waals surface area contributed by atoms with E-state index in [1.54, 1.807) is 39.7 Å². The molecule has 0 saturated heterocycles. The van der Waals surface area contributed by atoms with Crippen LogP contribution in [0.4, 0.5) is 20.4 Å². The molecule has 0 saturated carbocycles. The van der Waals surface area contributed by atoms with Crippen LogP contribution in [0.3, 0.4) is 0 Å². The Morgan fingerprint density at radius 1 is 0.698 bits per heavy atom.